The Kier molecular flexibility index (Phi) is 5.99. The minimum atomic E-state index is -0.520. The Morgan fingerprint density at radius 2 is 1.86 bits per heavy atom. The molecule has 3 aromatic carbocycles. The van der Waals surface area contributed by atoms with Crippen LogP contribution in [0.4, 0.5) is 10.5 Å². The van der Waals surface area contributed by atoms with Crippen LogP contribution < -0.4 is 9.64 Å². The van der Waals surface area contributed by atoms with Gasteiger partial charge in [-0.25, -0.2) is 4.79 Å². The summed E-state index contributed by atoms with van der Waals surface area (Å²) in [5.74, 6) is 0.808. The highest BCUT2D eigenvalue weighted by Crippen LogP contribution is 2.43. The zero-order valence-corrected chi connectivity index (χ0v) is 22.0. The molecule has 0 N–H and O–H groups in total. The number of fused-ring (bicyclic) bond motifs is 2. The van der Waals surface area contributed by atoms with Crippen LogP contribution in [0.1, 0.15) is 26.3 Å². The van der Waals surface area contributed by atoms with Crippen LogP contribution >= 0.6 is 15.9 Å². The van der Waals surface area contributed by atoms with E-state index in [1.807, 2.05) is 45.0 Å². The second-order valence-corrected chi connectivity index (χ2v) is 11.2. The van der Waals surface area contributed by atoms with Crippen molar-refractivity contribution in [2.24, 2.45) is 5.92 Å². The normalized spacial score (nSPS) is 16.1. The summed E-state index contributed by atoms with van der Waals surface area (Å²) in [7, 11) is 0. The van der Waals surface area contributed by atoms with E-state index in [4.69, 9.17) is 9.47 Å². The van der Waals surface area contributed by atoms with Crippen molar-refractivity contribution >= 4 is 44.4 Å². The van der Waals surface area contributed by atoms with Crippen LogP contribution in [0.25, 0.3) is 21.9 Å². The van der Waals surface area contributed by atoms with E-state index < -0.39 is 5.60 Å². The molecule has 6 nitrogen and oxygen atoms in total. The summed E-state index contributed by atoms with van der Waals surface area (Å²) in [6.45, 7) is 9.36. The fourth-order valence-corrected chi connectivity index (χ4v) is 5.28. The zero-order chi connectivity index (χ0) is 24.9. The van der Waals surface area contributed by atoms with Gasteiger partial charge in [0.15, 0.2) is 6.61 Å². The largest absolute Gasteiger partial charge is 0.482 e. The van der Waals surface area contributed by atoms with Gasteiger partial charge in [0.25, 0.3) is 5.91 Å². The number of hydrogen-bond donors (Lipinski definition) is 0. The average Bonchev–Trinajstić information content (AvgIpc) is 2.75. The Balaban J connectivity index is 1.40. The van der Waals surface area contributed by atoms with Crippen LogP contribution in [0.3, 0.4) is 0 Å². The second-order valence-electron chi connectivity index (χ2n) is 10.4. The first-order valence-electron chi connectivity index (χ1n) is 11.8. The second kappa shape index (κ2) is 8.86. The molecule has 2 aliphatic rings. The molecule has 2 aliphatic heterocycles. The highest BCUT2D eigenvalue weighted by Gasteiger charge is 2.37. The lowest BCUT2D eigenvalue weighted by molar-refractivity contribution is -0.121. The monoisotopic (exact) mass is 536 g/mol. The number of hydrogen-bond acceptors (Lipinski definition) is 4. The smallest absolute Gasteiger partial charge is 0.410 e. The Bertz CT molecular complexity index is 1320. The summed E-state index contributed by atoms with van der Waals surface area (Å²) in [6, 6.07) is 16.7. The van der Waals surface area contributed by atoms with Gasteiger partial charge in [-0.1, -0.05) is 52.3 Å². The molecule has 0 spiro atoms. The predicted octanol–water partition coefficient (Wildman–Crippen LogP) is 6.17. The van der Waals surface area contributed by atoms with Crippen LogP contribution in [-0.4, -0.2) is 48.7 Å². The van der Waals surface area contributed by atoms with Crippen molar-refractivity contribution in [1.82, 2.24) is 4.90 Å². The molecule has 2 amide bonds. The Labute approximate surface area is 213 Å². The number of likely N-dealkylation sites (tertiary alicyclic amines) is 1. The number of halogens is 1. The Morgan fingerprint density at radius 3 is 2.60 bits per heavy atom. The number of nitrogens with zero attached hydrogens (tertiary/aromatic N) is 2. The topological polar surface area (TPSA) is 59.1 Å². The number of ether oxygens (including phenoxy) is 2. The third-order valence-corrected chi connectivity index (χ3v) is 6.99. The predicted molar refractivity (Wildman–Crippen MR) is 141 cm³/mol. The lowest BCUT2D eigenvalue weighted by atomic mass is 9.95. The first kappa shape index (κ1) is 23.7. The molecule has 3 aromatic rings. The van der Waals surface area contributed by atoms with Gasteiger partial charge in [0.1, 0.15) is 11.4 Å². The molecular weight excluding hydrogens is 508 g/mol. The SMILES string of the molecule is Cc1cc(-c2cc3c(cc2Br)N(CC2CN(C(=O)OC(C)(C)C)C2)C(=O)CO3)c2ccccc2c1. The number of carbonyl (C=O) groups is 2. The van der Waals surface area contributed by atoms with Crippen LogP contribution in [0.15, 0.2) is 53.0 Å². The zero-order valence-electron chi connectivity index (χ0n) is 20.4. The number of aryl methyl sites for hydroxylation is 1. The van der Waals surface area contributed by atoms with E-state index in [1.165, 1.54) is 16.3 Å². The quantitative estimate of drug-likeness (QED) is 0.401. The van der Waals surface area contributed by atoms with Crippen molar-refractivity contribution in [3.8, 4) is 16.9 Å². The van der Waals surface area contributed by atoms with E-state index >= 15 is 0 Å². The molecule has 5 rings (SSSR count). The lowest BCUT2D eigenvalue weighted by Gasteiger charge is -2.42. The first-order valence-corrected chi connectivity index (χ1v) is 12.6. The van der Waals surface area contributed by atoms with Gasteiger partial charge in [0.05, 0.1) is 5.69 Å². The molecule has 1 fully saturated rings. The van der Waals surface area contributed by atoms with Crippen molar-refractivity contribution in [3.63, 3.8) is 0 Å². The minimum absolute atomic E-state index is 0.00510. The van der Waals surface area contributed by atoms with Crippen LogP contribution in [0.2, 0.25) is 0 Å². The van der Waals surface area contributed by atoms with Crippen LogP contribution in [0.5, 0.6) is 5.75 Å². The maximum atomic E-state index is 12.8. The van der Waals surface area contributed by atoms with Crippen LogP contribution in [0, 0.1) is 12.8 Å². The molecule has 2 heterocycles. The first-order chi connectivity index (χ1) is 16.6. The van der Waals surface area contributed by atoms with Crippen molar-refractivity contribution in [2.45, 2.75) is 33.3 Å². The third-order valence-electron chi connectivity index (χ3n) is 6.34. The van der Waals surface area contributed by atoms with E-state index in [2.05, 4.69) is 47.1 Å². The highest BCUT2D eigenvalue weighted by atomic mass is 79.9. The molecule has 0 saturated carbocycles. The van der Waals surface area contributed by atoms with E-state index in [0.717, 1.165) is 21.3 Å². The number of anilines is 1. The van der Waals surface area contributed by atoms with Crippen molar-refractivity contribution in [1.29, 1.82) is 0 Å². The molecule has 0 bridgehead atoms. The standard InChI is InChI=1S/C28H29BrN2O4/c1-17-9-19-7-5-6-8-20(19)21(10-17)22-11-25-24(12-23(22)29)31(26(32)16-34-25)15-18-13-30(14-18)27(33)35-28(2,3)4/h5-12,18H,13-16H2,1-4H3. The minimum Gasteiger partial charge on any atom is -0.482 e. The molecule has 0 radical (unpaired) electrons. The molecule has 0 atom stereocenters. The van der Waals surface area contributed by atoms with Gasteiger partial charge in [0.2, 0.25) is 0 Å². The summed E-state index contributed by atoms with van der Waals surface area (Å²) < 4.78 is 12.2. The number of rotatable bonds is 3. The molecule has 1 saturated heterocycles. The van der Waals surface area contributed by atoms with Gasteiger partial charge in [-0.2, -0.15) is 0 Å². The molecule has 0 aliphatic carbocycles. The fourth-order valence-electron chi connectivity index (χ4n) is 4.73. The van der Waals surface area contributed by atoms with E-state index in [1.54, 1.807) is 9.80 Å². The van der Waals surface area contributed by atoms with Gasteiger partial charge in [-0.15, -0.1) is 0 Å². The maximum Gasteiger partial charge on any atom is 0.410 e. The van der Waals surface area contributed by atoms with Gasteiger partial charge in [-0.3, -0.25) is 4.79 Å². The third kappa shape index (κ3) is 4.74. The Morgan fingerprint density at radius 1 is 1.11 bits per heavy atom. The summed E-state index contributed by atoms with van der Waals surface area (Å²) in [6.07, 6.45) is -0.305. The summed E-state index contributed by atoms with van der Waals surface area (Å²) in [5, 5.41) is 2.35. The van der Waals surface area contributed by atoms with E-state index in [-0.39, 0.29) is 24.5 Å². The molecule has 0 unspecified atom stereocenters. The number of amides is 2. The van der Waals surface area contributed by atoms with Gasteiger partial charge < -0.3 is 19.3 Å². The fraction of sp³-hybridized carbons (Fsp3) is 0.357. The van der Waals surface area contributed by atoms with Gasteiger partial charge in [0, 0.05) is 35.6 Å². The van der Waals surface area contributed by atoms with Crippen molar-refractivity contribution in [2.75, 3.05) is 31.1 Å². The van der Waals surface area contributed by atoms with E-state index in [9.17, 15) is 9.59 Å². The average molecular weight is 537 g/mol. The molecule has 0 aromatic heterocycles. The lowest BCUT2D eigenvalue weighted by Crippen LogP contribution is -2.56. The number of benzene rings is 3. The highest BCUT2D eigenvalue weighted by molar-refractivity contribution is 9.10. The Hall–Kier alpha value is -3.06. The van der Waals surface area contributed by atoms with E-state index in [0.29, 0.717) is 25.4 Å². The number of carbonyl (C=O) groups excluding carboxylic acids is 2. The summed E-state index contributed by atoms with van der Waals surface area (Å²) in [4.78, 5) is 28.5. The van der Waals surface area contributed by atoms with Gasteiger partial charge in [-0.05, 0) is 61.7 Å². The van der Waals surface area contributed by atoms with Crippen molar-refractivity contribution < 1.29 is 19.1 Å². The maximum absolute atomic E-state index is 12.8. The summed E-state index contributed by atoms with van der Waals surface area (Å²) >= 11 is 3.76. The van der Waals surface area contributed by atoms with Gasteiger partial charge >= 0.3 is 6.09 Å². The summed E-state index contributed by atoms with van der Waals surface area (Å²) in [5.41, 5.74) is 3.56. The van der Waals surface area contributed by atoms with Crippen molar-refractivity contribution in [3.05, 3.63) is 58.6 Å². The molecule has 182 valence electrons. The molecule has 35 heavy (non-hydrogen) atoms. The molecule has 7 heteroatoms. The molecular formula is C28H29BrN2O4. The van der Waals surface area contributed by atoms with Crippen LogP contribution in [-0.2, 0) is 9.53 Å².